The molecule has 2 aromatic heterocycles. The van der Waals surface area contributed by atoms with Crippen molar-refractivity contribution in [2.45, 2.75) is 13.1 Å². The second kappa shape index (κ2) is 10.1. The van der Waals surface area contributed by atoms with E-state index < -0.39 is 18.1 Å². The molecule has 0 aliphatic heterocycles. The van der Waals surface area contributed by atoms with Crippen molar-refractivity contribution in [3.05, 3.63) is 94.3 Å². The minimum absolute atomic E-state index is 0.0213. The smallest absolute Gasteiger partial charge is 0.478 e. The Hall–Kier alpha value is -4.67. The molecule has 0 fully saturated rings. The number of benzene rings is 2. The average Bonchev–Trinajstić information content (AvgIpc) is 2.80. The summed E-state index contributed by atoms with van der Waals surface area (Å²) in [5.74, 6) is -3.32. The van der Waals surface area contributed by atoms with Gasteiger partial charge in [-0.2, -0.15) is 13.2 Å². The molecule has 0 aliphatic rings. The summed E-state index contributed by atoms with van der Waals surface area (Å²) in [5.41, 5.74) is 2.11. The third-order valence-corrected chi connectivity index (χ3v) is 4.71. The highest BCUT2D eigenvalue weighted by Crippen LogP contribution is 2.25. The van der Waals surface area contributed by atoms with Crippen molar-refractivity contribution in [2.75, 3.05) is 5.32 Å². The number of nitrogens with one attached hydrogen (secondary N) is 1. The molecule has 4 aromatic rings. The van der Waals surface area contributed by atoms with Gasteiger partial charge in [-0.05, 0) is 37.3 Å². The van der Waals surface area contributed by atoms with Crippen molar-refractivity contribution >= 4 is 34.5 Å². The maximum absolute atomic E-state index is 12.8. The molecule has 180 valence electrons. The van der Waals surface area contributed by atoms with E-state index >= 15 is 0 Å². The van der Waals surface area contributed by atoms with Crippen LogP contribution in [-0.2, 0) is 4.79 Å². The molecule has 8 nitrogen and oxygen atoms in total. The second-order valence-electron chi connectivity index (χ2n) is 7.16. The summed E-state index contributed by atoms with van der Waals surface area (Å²) in [5, 5.41) is 20.0. The van der Waals surface area contributed by atoms with Gasteiger partial charge in [-0.15, -0.1) is 0 Å². The fraction of sp³-hybridized carbons (Fsp3) is 0.0833. The molecule has 11 heteroatoms. The van der Waals surface area contributed by atoms with Crippen molar-refractivity contribution in [2.24, 2.45) is 0 Å². The lowest BCUT2D eigenvalue weighted by atomic mass is 10.1. The van der Waals surface area contributed by atoms with Gasteiger partial charge in [0.25, 0.3) is 0 Å². The summed E-state index contributed by atoms with van der Waals surface area (Å²) in [6.07, 6.45) is -5.08. The van der Waals surface area contributed by atoms with Crippen LogP contribution in [0.4, 0.5) is 24.7 Å². The van der Waals surface area contributed by atoms with E-state index in [0.29, 0.717) is 17.2 Å². The molecule has 3 N–H and O–H groups in total. The second-order valence-corrected chi connectivity index (χ2v) is 7.16. The molecular weight excluding hydrogens is 467 g/mol. The lowest BCUT2D eigenvalue weighted by molar-refractivity contribution is -0.192. The van der Waals surface area contributed by atoms with Crippen LogP contribution in [0, 0.1) is 6.92 Å². The van der Waals surface area contributed by atoms with Gasteiger partial charge < -0.3 is 15.5 Å². The molecule has 0 saturated heterocycles. The zero-order valence-electron chi connectivity index (χ0n) is 18.1. The minimum Gasteiger partial charge on any atom is -0.478 e. The number of aromatic carboxylic acids is 1. The lowest BCUT2D eigenvalue weighted by Crippen LogP contribution is -2.21. The number of pyridine rings is 2. The summed E-state index contributed by atoms with van der Waals surface area (Å²) in [4.78, 5) is 37.6. The van der Waals surface area contributed by atoms with Gasteiger partial charge in [0.15, 0.2) is 5.43 Å². The minimum atomic E-state index is -5.08. The molecule has 0 atom stereocenters. The fourth-order valence-electron chi connectivity index (χ4n) is 3.14. The standard InChI is InChI=1S/C22H17N3O3.C2HF3O2/c1-14-17(22(27)28)12-18-19(26)13-20(24-15-8-4-2-5-9-15)25(21(18)23-14)16-10-6-3-7-11-16;3-2(4,5)1(6)7/h2-13,24H,1H3,(H,27,28);(H,6,7). The van der Waals surface area contributed by atoms with Gasteiger partial charge in [0.1, 0.15) is 11.5 Å². The average molecular weight is 485 g/mol. The zero-order chi connectivity index (χ0) is 25.8. The normalized spacial score (nSPS) is 10.9. The Morgan fingerprint density at radius 3 is 2.00 bits per heavy atom. The third-order valence-electron chi connectivity index (χ3n) is 4.71. The number of anilines is 2. The van der Waals surface area contributed by atoms with E-state index in [9.17, 15) is 27.9 Å². The van der Waals surface area contributed by atoms with E-state index in [1.165, 1.54) is 12.1 Å². The molecule has 0 saturated carbocycles. The highest BCUT2D eigenvalue weighted by molar-refractivity contribution is 5.94. The molecule has 0 radical (unpaired) electrons. The van der Waals surface area contributed by atoms with E-state index in [2.05, 4.69) is 10.3 Å². The first kappa shape index (κ1) is 25.0. The summed E-state index contributed by atoms with van der Waals surface area (Å²) >= 11 is 0. The summed E-state index contributed by atoms with van der Waals surface area (Å²) in [7, 11) is 0. The third kappa shape index (κ3) is 5.82. The van der Waals surface area contributed by atoms with Gasteiger partial charge in [0.05, 0.1) is 16.6 Å². The Morgan fingerprint density at radius 2 is 1.49 bits per heavy atom. The molecule has 0 spiro atoms. The number of aromatic nitrogens is 2. The van der Waals surface area contributed by atoms with Crippen molar-refractivity contribution in [1.29, 1.82) is 0 Å². The number of nitrogens with zero attached hydrogens (tertiary/aromatic N) is 2. The zero-order valence-corrected chi connectivity index (χ0v) is 18.1. The van der Waals surface area contributed by atoms with Crippen LogP contribution < -0.4 is 10.7 Å². The summed E-state index contributed by atoms with van der Waals surface area (Å²) in [6.45, 7) is 1.63. The number of aryl methyl sites for hydroxylation is 1. The summed E-state index contributed by atoms with van der Waals surface area (Å²) in [6, 6.07) is 21.9. The van der Waals surface area contributed by atoms with Gasteiger partial charge in [-0.25, -0.2) is 14.6 Å². The van der Waals surface area contributed by atoms with Crippen LogP contribution in [0.1, 0.15) is 16.1 Å². The predicted molar refractivity (Wildman–Crippen MR) is 122 cm³/mol. The first-order chi connectivity index (χ1) is 16.5. The van der Waals surface area contributed by atoms with Crippen LogP contribution in [0.3, 0.4) is 0 Å². The van der Waals surface area contributed by atoms with Crippen molar-refractivity contribution < 1.29 is 33.0 Å². The molecule has 0 amide bonds. The van der Waals surface area contributed by atoms with Gasteiger partial charge in [-0.1, -0.05) is 36.4 Å². The molecular formula is C24H18F3N3O5. The number of hydrogen-bond acceptors (Lipinski definition) is 5. The number of fused-ring (bicyclic) bond motifs is 1. The lowest BCUT2D eigenvalue weighted by Gasteiger charge is -2.18. The molecule has 0 aliphatic carbocycles. The van der Waals surface area contributed by atoms with Crippen LogP contribution in [0.15, 0.2) is 77.6 Å². The summed E-state index contributed by atoms with van der Waals surface area (Å²) < 4.78 is 33.6. The maximum Gasteiger partial charge on any atom is 0.490 e. The number of rotatable bonds is 4. The number of carboxylic acids is 2. The first-order valence-corrected chi connectivity index (χ1v) is 9.97. The number of hydrogen-bond donors (Lipinski definition) is 3. The monoisotopic (exact) mass is 485 g/mol. The highest BCUT2D eigenvalue weighted by atomic mass is 19.4. The van der Waals surface area contributed by atoms with Crippen molar-refractivity contribution in [3.8, 4) is 5.69 Å². The molecule has 4 rings (SSSR count). The number of carbonyl (C=O) groups is 2. The molecule has 0 bridgehead atoms. The SMILES string of the molecule is Cc1nc2c(cc1C(=O)O)c(=O)cc(Nc1ccccc1)n2-c1ccccc1.O=C(O)C(F)(F)F. The topological polar surface area (TPSA) is 122 Å². The Kier molecular flexibility index (Phi) is 7.19. The molecule has 2 aromatic carbocycles. The van der Waals surface area contributed by atoms with Crippen LogP contribution in [-0.4, -0.2) is 37.9 Å². The van der Waals surface area contributed by atoms with Crippen LogP contribution in [0.5, 0.6) is 0 Å². The molecule has 2 heterocycles. The molecule has 35 heavy (non-hydrogen) atoms. The van der Waals surface area contributed by atoms with E-state index in [1.54, 1.807) is 6.92 Å². The van der Waals surface area contributed by atoms with Gasteiger partial charge in [0.2, 0.25) is 0 Å². The largest absolute Gasteiger partial charge is 0.490 e. The van der Waals surface area contributed by atoms with Crippen molar-refractivity contribution in [3.63, 3.8) is 0 Å². The first-order valence-electron chi connectivity index (χ1n) is 9.97. The Balaban J connectivity index is 0.000000429. The van der Waals surface area contributed by atoms with Crippen LogP contribution in [0.25, 0.3) is 16.7 Å². The van der Waals surface area contributed by atoms with E-state index in [1.807, 2.05) is 65.2 Å². The van der Waals surface area contributed by atoms with E-state index in [4.69, 9.17) is 9.90 Å². The quantitative estimate of drug-likeness (QED) is 0.381. The van der Waals surface area contributed by atoms with E-state index in [0.717, 1.165) is 11.4 Å². The number of aliphatic carboxylic acids is 1. The Labute approximate surface area is 195 Å². The Morgan fingerprint density at radius 1 is 0.943 bits per heavy atom. The highest BCUT2D eigenvalue weighted by Gasteiger charge is 2.38. The van der Waals surface area contributed by atoms with Gasteiger partial charge in [-0.3, -0.25) is 9.36 Å². The fourth-order valence-corrected chi connectivity index (χ4v) is 3.14. The van der Waals surface area contributed by atoms with Gasteiger partial charge >= 0.3 is 18.1 Å². The number of halogens is 3. The van der Waals surface area contributed by atoms with Crippen molar-refractivity contribution in [1.82, 2.24) is 9.55 Å². The number of carboxylic acid groups (broad SMARTS) is 2. The number of para-hydroxylation sites is 2. The van der Waals surface area contributed by atoms with Crippen LogP contribution in [0.2, 0.25) is 0 Å². The van der Waals surface area contributed by atoms with Crippen LogP contribution >= 0.6 is 0 Å². The predicted octanol–water partition coefficient (Wildman–Crippen LogP) is 4.77. The molecule has 0 unspecified atom stereocenters. The van der Waals surface area contributed by atoms with Gasteiger partial charge in [0, 0.05) is 17.4 Å². The van der Waals surface area contributed by atoms with E-state index in [-0.39, 0.29) is 16.4 Å². The maximum atomic E-state index is 12.8. The number of alkyl halides is 3. The Bertz CT molecular complexity index is 1440.